The summed E-state index contributed by atoms with van der Waals surface area (Å²) in [5, 5.41) is 9.75. The van der Waals surface area contributed by atoms with Crippen LogP contribution >= 0.6 is 0 Å². The van der Waals surface area contributed by atoms with Crippen molar-refractivity contribution in [3.05, 3.63) is 71.3 Å². The minimum atomic E-state index is -0.0342. The van der Waals surface area contributed by atoms with Crippen molar-refractivity contribution in [1.82, 2.24) is 20.9 Å². The highest BCUT2D eigenvalue weighted by Crippen LogP contribution is 2.14. The molecule has 0 radical (unpaired) electrons. The molecule has 1 heterocycles. The Bertz CT molecular complexity index is 811. The third-order valence-corrected chi connectivity index (χ3v) is 5.41. The van der Waals surface area contributed by atoms with Gasteiger partial charge in [-0.1, -0.05) is 42.5 Å². The molecule has 0 aromatic heterocycles. The van der Waals surface area contributed by atoms with Gasteiger partial charge < -0.3 is 16.0 Å². The minimum Gasteiger partial charge on any atom is -0.354 e. The van der Waals surface area contributed by atoms with Crippen molar-refractivity contribution in [2.45, 2.75) is 38.9 Å². The molecule has 2 aromatic carbocycles. The fourth-order valence-electron chi connectivity index (χ4n) is 3.69. The van der Waals surface area contributed by atoms with Crippen molar-refractivity contribution in [1.29, 1.82) is 0 Å². The molecule has 0 bridgehead atoms. The number of carbonyl (C=O) groups excluding carboxylic acids is 1. The van der Waals surface area contributed by atoms with Crippen LogP contribution in [0.15, 0.2) is 59.6 Å². The van der Waals surface area contributed by atoms with Crippen LogP contribution < -0.4 is 16.0 Å². The maximum absolute atomic E-state index is 11.9. The number of carbonyl (C=O) groups is 1. The molecule has 30 heavy (non-hydrogen) atoms. The van der Waals surface area contributed by atoms with E-state index < -0.39 is 0 Å². The Hall–Kier alpha value is -2.86. The maximum Gasteiger partial charge on any atom is 0.251 e. The number of benzene rings is 2. The average Bonchev–Trinajstić information content (AvgIpc) is 2.79. The van der Waals surface area contributed by atoms with Gasteiger partial charge in [-0.3, -0.25) is 14.7 Å². The van der Waals surface area contributed by atoms with Crippen LogP contribution in [0, 0.1) is 0 Å². The standard InChI is InChI=1S/C24H33N5O/c1-3-26-23(30)21-11-9-19(10-12-21)17-27-24(25-2)28-22-13-15-29(16-14-22)18-20-7-5-4-6-8-20/h4-12,22H,3,13-18H2,1-2H3,(H,26,30)(H2,25,27,28). The molecule has 6 heteroatoms. The molecular formula is C24H33N5O. The molecule has 0 saturated carbocycles. The predicted octanol–water partition coefficient (Wildman–Crippen LogP) is 2.77. The van der Waals surface area contributed by atoms with Gasteiger partial charge in [-0.05, 0) is 43.0 Å². The third-order valence-electron chi connectivity index (χ3n) is 5.41. The Morgan fingerprint density at radius 2 is 1.70 bits per heavy atom. The van der Waals surface area contributed by atoms with Crippen LogP contribution in [0.25, 0.3) is 0 Å². The van der Waals surface area contributed by atoms with E-state index in [0.717, 1.165) is 44.0 Å². The van der Waals surface area contributed by atoms with Crippen molar-refractivity contribution >= 4 is 11.9 Å². The zero-order valence-corrected chi connectivity index (χ0v) is 18.0. The van der Waals surface area contributed by atoms with E-state index in [1.54, 1.807) is 7.05 Å². The van der Waals surface area contributed by atoms with Gasteiger partial charge in [0.05, 0.1) is 0 Å². The number of nitrogens with zero attached hydrogens (tertiary/aromatic N) is 2. The normalized spacial score (nSPS) is 15.6. The van der Waals surface area contributed by atoms with E-state index in [2.05, 4.69) is 56.2 Å². The molecule has 1 saturated heterocycles. The summed E-state index contributed by atoms with van der Waals surface area (Å²) >= 11 is 0. The second-order valence-corrected chi connectivity index (χ2v) is 7.66. The number of hydrogen-bond acceptors (Lipinski definition) is 3. The van der Waals surface area contributed by atoms with Crippen LogP contribution in [0.4, 0.5) is 0 Å². The van der Waals surface area contributed by atoms with E-state index in [0.29, 0.717) is 24.7 Å². The molecule has 2 aromatic rings. The van der Waals surface area contributed by atoms with Crippen LogP contribution in [0.1, 0.15) is 41.3 Å². The monoisotopic (exact) mass is 407 g/mol. The molecule has 0 aliphatic carbocycles. The fraction of sp³-hybridized carbons (Fsp3) is 0.417. The highest BCUT2D eigenvalue weighted by molar-refractivity contribution is 5.94. The maximum atomic E-state index is 11.9. The van der Waals surface area contributed by atoms with Gasteiger partial charge in [0.15, 0.2) is 5.96 Å². The number of likely N-dealkylation sites (tertiary alicyclic amines) is 1. The van der Waals surface area contributed by atoms with Gasteiger partial charge >= 0.3 is 0 Å². The lowest BCUT2D eigenvalue weighted by atomic mass is 10.0. The van der Waals surface area contributed by atoms with Crippen LogP contribution in [0.3, 0.4) is 0 Å². The predicted molar refractivity (Wildman–Crippen MR) is 123 cm³/mol. The first-order valence-corrected chi connectivity index (χ1v) is 10.8. The number of rotatable bonds is 7. The zero-order chi connectivity index (χ0) is 21.2. The zero-order valence-electron chi connectivity index (χ0n) is 18.0. The van der Waals surface area contributed by atoms with E-state index in [-0.39, 0.29) is 5.91 Å². The van der Waals surface area contributed by atoms with Crippen molar-refractivity contribution in [3.8, 4) is 0 Å². The molecule has 0 unspecified atom stereocenters. The summed E-state index contributed by atoms with van der Waals surface area (Å²) in [6.07, 6.45) is 2.21. The Morgan fingerprint density at radius 1 is 1.00 bits per heavy atom. The smallest absolute Gasteiger partial charge is 0.251 e. The second kappa shape index (κ2) is 11.4. The van der Waals surface area contributed by atoms with Crippen molar-refractivity contribution in [2.24, 2.45) is 4.99 Å². The van der Waals surface area contributed by atoms with Gasteiger partial charge in [0, 0.05) is 51.4 Å². The van der Waals surface area contributed by atoms with Crippen LogP contribution in [0.5, 0.6) is 0 Å². The van der Waals surface area contributed by atoms with E-state index in [9.17, 15) is 4.79 Å². The van der Waals surface area contributed by atoms with Crippen molar-refractivity contribution in [2.75, 3.05) is 26.7 Å². The molecule has 3 N–H and O–H groups in total. The first kappa shape index (κ1) is 21.8. The highest BCUT2D eigenvalue weighted by atomic mass is 16.1. The number of nitrogens with one attached hydrogen (secondary N) is 3. The molecule has 160 valence electrons. The van der Waals surface area contributed by atoms with Gasteiger partial charge in [0.25, 0.3) is 5.91 Å². The lowest BCUT2D eigenvalue weighted by molar-refractivity contribution is 0.0956. The Balaban J connectivity index is 1.41. The molecule has 6 nitrogen and oxygen atoms in total. The molecule has 3 rings (SSSR count). The summed E-state index contributed by atoms with van der Waals surface area (Å²) in [7, 11) is 1.80. The van der Waals surface area contributed by atoms with Gasteiger partial charge in [-0.15, -0.1) is 0 Å². The third kappa shape index (κ3) is 6.59. The number of piperidine rings is 1. The molecular weight excluding hydrogens is 374 g/mol. The topological polar surface area (TPSA) is 68.8 Å². The number of guanidine groups is 1. The molecule has 1 amide bonds. The fourth-order valence-corrected chi connectivity index (χ4v) is 3.69. The van der Waals surface area contributed by atoms with Crippen molar-refractivity contribution in [3.63, 3.8) is 0 Å². The molecule has 1 fully saturated rings. The van der Waals surface area contributed by atoms with Gasteiger partial charge in [0.1, 0.15) is 0 Å². The molecule has 1 aliphatic rings. The summed E-state index contributed by atoms with van der Waals surface area (Å²) < 4.78 is 0. The Kier molecular flexibility index (Phi) is 8.27. The van der Waals surface area contributed by atoms with Gasteiger partial charge in [-0.2, -0.15) is 0 Å². The lowest BCUT2D eigenvalue weighted by Gasteiger charge is -2.33. The lowest BCUT2D eigenvalue weighted by Crippen LogP contribution is -2.48. The van der Waals surface area contributed by atoms with Gasteiger partial charge in [-0.25, -0.2) is 0 Å². The number of amides is 1. The number of hydrogen-bond donors (Lipinski definition) is 3. The van der Waals surface area contributed by atoms with Crippen molar-refractivity contribution < 1.29 is 4.79 Å². The molecule has 0 spiro atoms. The Labute approximate surface area is 179 Å². The van der Waals surface area contributed by atoms with Crippen LogP contribution in [0.2, 0.25) is 0 Å². The quantitative estimate of drug-likeness (QED) is 0.488. The van der Waals surface area contributed by atoms with E-state index in [1.165, 1.54) is 5.56 Å². The van der Waals surface area contributed by atoms with Crippen LogP contribution in [-0.4, -0.2) is 49.5 Å². The molecule has 0 atom stereocenters. The summed E-state index contributed by atoms with van der Waals surface area (Å²) in [4.78, 5) is 18.7. The second-order valence-electron chi connectivity index (χ2n) is 7.66. The summed E-state index contributed by atoms with van der Waals surface area (Å²) in [5.41, 5.74) is 3.17. The average molecular weight is 408 g/mol. The van der Waals surface area contributed by atoms with Gasteiger partial charge in [0.2, 0.25) is 0 Å². The molecule has 1 aliphatic heterocycles. The van der Waals surface area contributed by atoms with E-state index in [4.69, 9.17) is 0 Å². The van der Waals surface area contributed by atoms with Crippen LogP contribution in [-0.2, 0) is 13.1 Å². The Morgan fingerprint density at radius 3 is 2.33 bits per heavy atom. The number of aliphatic imine (C=N–C) groups is 1. The minimum absolute atomic E-state index is 0.0342. The largest absolute Gasteiger partial charge is 0.354 e. The first-order chi connectivity index (χ1) is 14.7. The van der Waals surface area contributed by atoms with E-state index >= 15 is 0 Å². The SMILES string of the molecule is CCNC(=O)c1ccc(CNC(=NC)NC2CCN(Cc3ccccc3)CC2)cc1. The summed E-state index contributed by atoms with van der Waals surface area (Å²) in [6, 6.07) is 18.8. The van der Waals surface area contributed by atoms with E-state index in [1.807, 2.05) is 31.2 Å². The first-order valence-electron chi connectivity index (χ1n) is 10.8. The summed E-state index contributed by atoms with van der Waals surface area (Å²) in [5.74, 6) is 0.789. The highest BCUT2D eigenvalue weighted by Gasteiger charge is 2.20. The summed E-state index contributed by atoms with van der Waals surface area (Å²) in [6.45, 7) is 6.42.